The first-order chi connectivity index (χ1) is 5.12. The van der Waals surface area contributed by atoms with Gasteiger partial charge in [-0.2, -0.15) is 0 Å². The fourth-order valence-electron chi connectivity index (χ4n) is 2.07. The highest BCUT2D eigenvalue weighted by Crippen LogP contribution is 2.68. The van der Waals surface area contributed by atoms with Gasteiger partial charge in [0.1, 0.15) is 4.33 Å². The van der Waals surface area contributed by atoms with Crippen LogP contribution in [0, 0.1) is 17.8 Å². The molecule has 0 aromatic carbocycles. The van der Waals surface area contributed by atoms with Crippen molar-refractivity contribution in [3.63, 3.8) is 0 Å². The molecule has 0 heterocycles. The quantitative estimate of drug-likeness (QED) is 0.515. The standard InChI is InChI=1S/C7H10Cl2.C2H6/c1-4-2-5-6(3-4)7(5,8)9;1-2/h4-6H,2-3H2,1H3;1-2H3. The van der Waals surface area contributed by atoms with Crippen LogP contribution in [0.1, 0.15) is 33.6 Å². The Hall–Kier alpha value is 0.580. The molecule has 0 bridgehead atoms. The Bertz CT molecular complexity index is 128. The zero-order chi connectivity index (χ0) is 8.65. The first-order valence-electron chi connectivity index (χ1n) is 4.50. The van der Waals surface area contributed by atoms with Crippen molar-refractivity contribution in [2.45, 2.75) is 37.9 Å². The van der Waals surface area contributed by atoms with E-state index in [1.165, 1.54) is 12.8 Å². The molecule has 0 saturated heterocycles. The molecule has 0 N–H and O–H groups in total. The average Bonchev–Trinajstić information content (AvgIpc) is 2.34. The summed E-state index contributed by atoms with van der Waals surface area (Å²) in [7, 11) is 0. The SMILES string of the molecule is CC.CC1CC2C(C1)C2(Cl)Cl. The van der Waals surface area contributed by atoms with E-state index in [9.17, 15) is 0 Å². The minimum Gasteiger partial charge on any atom is -0.101 e. The summed E-state index contributed by atoms with van der Waals surface area (Å²) in [5, 5.41) is 0. The summed E-state index contributed by atoms with van der Waals surface area (Å²) in [6.45, 7) is 6.27. The maximum absolute atomic E-state index is 5.94. The summed E-state index contributed by atoms with van der Waals surface area (Å²) in [4.78, 5) is 0. The third-order valence-electron chi connectivity index (χ3n) is 2.68. The summed E-state index contributed by atoms with van der Waals surface area (Å²) in [5.74, 6) is 2.14. The minimum atomic E-state index is -0.313. The maximum atomic E-state index is 5.94. The number of hydrogen-bond acceptors (Lipinski definition) is 0. The smallest absolute Gasteiger partial charge is 0.101 e. The number of halogens is 2. The van der Waals surface area contributed by atoms with Gasteiger partial charge in [0.25, 0.3) is 0 Å². The zero-order valence-corrected chi connectivity index (χ0v) is 8.91. The van der Waals surface area contributed by atoms with E-state index in [0.717, 1.165) is 5.92 Å². The molecular weight excluding hydrogens is 179 g/mol. The lowest BCUT2D eigenvalue weighted by Gasteiger charge is -2.07. The second kappa shape index (κ2) is 3.14. The van der Waals surface area contributed by atoms with Gasteiger partial charge in [-0.25, -0.2) is 0 Å². The van der Waals surface area contributed by atoms with Crippen LogP contribution in [0.15, 0.2) is 0 Å². The van der Waals surface area contributed by atoms with Crippen LogP contribution in [0.3, 0.4) is 0 Å². The molecule has 66 valence electrons. The highest BCUT2D eigenvalue weighted by atomic mass is 35.5. The van der Waals surface area contributed by atoms with E-state index in [4.69, 9.17) is 23.2 Å². The number of fused-ring (bicyclic) bond motifs is 1. The Morgan fingerprint density at radius 2 is 1.45 bits per heavy atom. The Kier molecular flexibility index (Phi) is 2.76. The monoisotopic (exact) mass is 194 g/mol. The van der Waals surface area contributed by atoms with Crippen LogP contribution < -0.4 is 0 Å². The molecule has 0 amide bonds. The van der Waals surface area contributed by atoms with Crippen molar-refractivity contribution in [2.24, 2.45) is 17.8 Å². The average molecular weight is 195 g/mol. The van der Waals surface area contributed by atoms with Gasteiger partial charge in [-0.05, 0) is 30.6 Å². The number of alkyl halides is 2. The molecular formula is C9H16Cl2. The van der Waals surface area contributed by atoms with E-state index < -0.39 is 0 Å². The number of rotatable bonds is 0. The van der Waals surface area contributed by atoms with E-state index in [1.54, 1.807) is 0 Å². The summed E-state index contributed by atoms with van der Waals surface area (Å²) in [6, 6.07) is 0. The molecule has 0 radical (unpaired) electrons. The van der Waals surface area contributed by atoms with Crippen molar-refractivity contribution in [3.05, 3.63) is 0 Å². The first-order valence-corrected chi connectivity index (χ1v) is 5.25. The Labute approximate surface area is 79.3 Å². The molecule has 11 heavy (non-hydrogen) atoms. The molecule has 0 nitrogen and oxygen atoms in total. The van der Waals surface area contributed by atoms with Gasteiger partial charge in [0.15, 0.2) is 0 Å². The topological polar surface area (TPSA) is 0 Å². The Morgan fingerprint density at radius 3 is 1.73 bits per heavy atom. The van der Waals surface area contributed by atoms with Crippen LogP contribution in [0.5, 0.6) is 0 Å². The highest BCUT2D eigenvalue weighted by Gasteiger charge is 2.66. The molecule has 0 aliphatic heterocycles. The molecule has 2 aliphatic carbocycles. The van der Waals surface area contributed by atoms with Gasteiger partial charge in [0.2, 0.25) is 0 Å². The van der Waals surface area contributed by atoms with Crippen molar-refractivity contribution in [2.75, 3.05) is 0 Å². The largest absolute Gasteiger partial charge is 0.124 e. The lowest BCUT2D eigenvalue weighted by molar-refractivity contribution is 0.526. The molecule has 2 unspecified atom stereocenters. The van der Waals surface area contributed by atoms with E-state index in [-0.39, 0.29) is 4.33 Å². The van der Waals surface area contributed by atoms with Crippen LogP contribution in [0.4, 0.5) is 0 Å². The van der Waals surface area contributed by atoms with Crippen LogP contribution >= 0.6 is 23.2 Å². The molecule has 2 rings (SSSR count). The van der Waals surface area contributed by atoms with Gasteiger partial charge in [0, 0.05) is 0 Å². The summed E-state index contributed by atoms with van der Waals surface area (Å²) >= 11 is 11.9. The fraction of sp³-hybridized carbons (Fsp3) is 1.00. The van der Waals surface area contributed by atoms with Crippen molar-refractivity contribution in [3.8, 4) is 0 Å². The summed E-state index contributed by atoms with van der Waals surface area (Å²) in [5.41, 5.74) is 0. The van der Waals surface area contributed by atoms with Gasteiger partial charge in [-0.1, -0.05) is 20.8 Å². The van der Waals surface area contributed by atoms with Gasteiger partial charge in [0.05, 0.1) is 0 Å². The maximum Gasteiger partial charge on any atom is 0.124 e. The zero-order valence-electron chi connectivity index (χ0n) is 7.40. The normalized spacial score (nSPS) is 43.9. The third kappa shape index (κ3) is 1.53. The highest BCUT2D eigenvalue weighted by molar-refractivity contribution is 6.51. The molecule has 2 atom stereocenters. The van der Waals surface area contributed by atoms with E-state index in [1.807, 2.05) is 13.8 Å². The lowest BCUT2D eigenvalue weighted by atomic mass is 10.1. The summed E-state index contributed by atoms with van der Waals surface area (Å²) in [6.07, 6.45) is 2.50. The molecule has 2 aliphatic rings. The van der Waals surface area contributed by atoms with Gasteiger partial charge in [-0.3, -0.25) is 0 Å². The molecule has 0 aromatic rings. The summed E-state index contributed by atoms with van der Waals surface area (Å²) < 4.78 is -0.313. The van der Waals surface area contributed by atoms with Crippen LogP contribution in [-0.2, 0) is 0 Å². The van der Waals surface area contributed by atoms with Crippen LogP contribution in [0.25, 0.3) is 0 Å². The van der Waals surface area contributed by atoms with Gasteiger partial charge in [-0.15, -0.1) is 23.2 Å². The molecule has 2 fully saturated rings. The second-order valence-corrected chi connectivity index (χ2v) is 4.91. The van der Waals surface area contributed by atoms with Crippen LogP contribution in [-0.4, -0.2) is 4.33 Å². The first kappa shape index (κ1) is 9.67. The van der Waals surface area contributed by atoms with E-state index in [2.05, 4.69) is 6.92 Å². The molecule has 0 aromatic heterocycles. The second-order valence-electron chi connectivity index (χ2n) is 3.46. The minimum absolute atomic E-state index is 0.313. The predicted octanol–water partition coefficient (Wildman–Crippen LogP) is 3.86. The van der Waals surface area contributed by atoms with E-state index >= 15 is 0 Å². The van der Waals surface area contributed by atoms with Crippen molar-refractivity contribution < 1.29 is 0 Å². The van der Waals surface area contributed by atoms with Crippen molar-refractivity contribution in [1.82, 2.24) is 0 Å². The van der Waals surface area contributed by atoms with Crippen molar-refractivity contribution >= 4 is 23.2 Å². The van der Waals surface area contributed by atoms with Gasteiger partial charge < -0.3 is 0 Å². The van der Waals surface area contributed by atoms with E-state index in [0.29, 0.717) is 11.8 Å². The van der Waals surface area contributed by atoms with Gasteiger partial charge >= 0.3 is 0 Å². The molecule has 0 spiro atoms. The molecule has 2 heteroatoms. The van der Waals surface area contributed by atoms with Crippen LogP contribution in [0.2, 0.25) is 0 Å². The predicted molar refractivity (Wildman–Crippen MR) is 51.2 cm³/mol. The lowest BCUT2D eigenvalue weighted by Crippen LogP contribution is -2.01. The van der Waals surface area contributed by atoms with Crippen molar-refractivity contribution in [1.29, 1.82) is 0 Å². The third-order valence-corrected chi connectivity index (χ3v) is 3.80. The Morgan fingerprint density at radius 1 is 1.09 bits per heavy atom. The molecule has 2 saturated carbocycles. The Balaban J connectivity index is 0.000000281. The fourth-order valence-corrected chi connectivity index (χ4v) is 2.91. The number of hydrogen-bond donors (Lipinski definition) is 0.